The lowest BCUT2D eigenvalue weighted by molar-refractivity contribution is -0.137. The van der Waals surface area contributed by atoms with Gasteiger partial charge in [-0.05, 0) is 36.4 Å². The van der Waals surface area contributed by atoms with Gasteiger partial charge in [0.25, 0.3) is 0 Å². The molecule has 0 aliphatic carbocycles. The van der Waals surface area contributed by atoms with Crippen LogP contribution in [0.25, 0.3) is 0 Å². The van der Waals surface area contributed by atoms with Crippen LogP contribution in [0.15, 0.2) is 42.5 Å². The number of halogens is 4. The Morgan fingerprint density at radius 2 is 1.80 bits per heavy atom. The zero-order chi connectivity index (χ0) is 14.8. The fraction of sp³-hybridized carbons (Fsp3) is 0.0714. The molecule has 0 atom stereocenters. The first-order valence-corrected chi connectivity index (χ1v) is 5.54. The maximum absolute atomic E-state index is 13.0. The molecule has 0 radical (unpaired) electrons. The Kier molecular flexibility index (Phi) is 3.61. The first kappa shape index (κ1) is 13.9. The van der Waals surface area contributed by atoms with Gasteiger partial charge in [0.15, 0.2) is 0 Å². The summed E-state index contributed by atoms with van der Waals surface area (Å²) in [5.41, 5.74) is -0.373. The molecular formula is C14H8F4N2. The Morgan fingerprint density at radius 1 is 1.05 bits per heavy atom. The highest BCUT2D eigenvalue weighted by molar-refractivity contribution is 5.66. The molecule has 0 spiro atoms. The van der Waals surface area contributed by atoms with E-state index >= 15 is 0 Å². The predicted molar refractivity (Wildman–Crippen MR) is 65.8 cm³/mol. The van der Waals surface area contributed by atoms with E-state index in [1.165, 1.54) is 18.2 Å². The summed E-state index contributed by atoms with van der Waals surface area (Å²) in [6, 6.07) is 9.76. The summed E-state index contributed by atoms with van der Waals surface area (Å²) < 4.78 is 50.7. The number of nitriles is 1. The van der Waals surface area contributed by atoms with Gasteiger partial charge in [0.1, 0.15) is 11.9 Å². The Morgan fingerprint density at radius 3 is 2.45 bits per heavy atom. The molecule has 102 valence electrons. The van der Waals surface area contributed by atoms with Gasteiger partial charge in [0.05, 0.1) is 16.8 Å². The molecule has 0 fully saturated rings. The summed E-state index contributed by atoms with van der Waals surface area (Å²) in [6.07, 6.45) is -4.45. The van der Waals surface area contributed by atoms with Crippen LogP contribution in [0.5, 0.6) is 0 Å². The molecule has 2 rings (SSSR count). The highest BCUT2D eigenvalue weighted by Gasteiger charge is 2.30. The largest absolute Gasteiger partial charge is 0.416 e. The average Bonchev–Trinajstić information content (AvgIpc) is 2.40. The number of hydrogen-bond acceptors (Lipinski definition) is 2. The molecule has 0 heterocycles. The summed E-state index contributed by atoms with van der Waals surface area (Å²) in [4.78, 5) is 0. The fourth-order valence-corrected chi connectivity index (χ4v) is 1.65. The molecule has 0 amide bonds. The van der Waals surface area contributed by atoms with Crippen LogP contribution in [-0.4, -0.2) is 0 Å². The number of benzene rings is 2. The Bertz CT molecular complexity index is 672. The second-order valence-corrected chi connectivity index (χ2v) is 4.01. The molecule has 0 aliphatic rings. The van der Waals surface area contributed by atoms with E-state index in [4.69, 9.17) is 5.26 Å². The van der Waals surface area contributed by atoms with E-state index in [-0.39, 0.29) is 16.9 Å². The van der Waals surface area contributed by atoms with E-state index in [1.54, 1.807) is 6.07 Å². The number of nitrogens with zero attached hydrogens (tertiary/aromatic N) is 1. The van der Waals surface area contributed by atoms with Crippen LogP contribution in [0.1, 0.15) is 11.1 Å². The minimum Gasteiger partial charge on any atom is -0.354 e. The highest BCUT2D eigenvalue weighted by Crippen LogP contribution is 2.31. The fourth-order valence-electron chi connectivity index (χ4n) is 1.65. The highest BCUT2D eigenvalue weighted by atomic mass is 19.4. The third-order valence-electron chi connectivity index (χ3n) is 2.57. The minimum absolute atomic E-state index is 0.0161. The van der Waals surface area contributed by atoms with Crippen LogP contribution in [0.2, 0.25) is 0 Å². The molecule has 2 aromatic rings. The summed E-state index contributed by atoms with van der Waals surface area (Å²) >= 11 is 0. The average molecular weight is 280 g/mol. The molecule has 2 nitrogen and oxygen atoms in total. The molecule has 0 unspecified atom stereocenters. The number of anilines is 2. The monoisotopic (exact) mass is 280 g/mol. The molecule has 20 heavy (non-hydrogen) atoms. The first-order chi connectivity index (χ1) is 9.40. The van der Waals surface area contributed by atoms with Crippen molar-refractivity contribution in [3.63, 3.8) is 0 Å². The number of alkyl halides is 3. The zero-order valence-electron chi connectivity index (χ0n) is 10.0. The van der Waals surface area contributed by atoms with Crippen molar-refractivity contribution in [1.82, 2.24) is 0 Å². The van der Waals surface area contributed by atoms with Crippen molar-refractivity contribution in [2.24, 2.45) is 0 Å². The van der Waals surface area contributed by atoms with Gasteiger partial charge < -0.3 is 5.32 Å². The van der Waals surface area contributed by atoms with Crippen LogP contribution in [0.4, 0.5) is 28.9 Å². The summed E-state index contributed by atoms with van der Waals surface area (Å²) in [5, 5.41) is 11.5. The third kappa shape index (κ3) is 3.06. The molecular weight excluding hydrogens is 272 g/mol. The molecule has 0 aliphatic heterocycles. The van der Waals surface area contributed by atoms with Crippen LogP contribution >= 0.6 is 0 Å². The standard InChI is InChI=1S/C14H8F4N2/c15-11-4-5-13(9(6-11)8-19)20-12-3-1-2-10(7-12)14(16,17)18/h1-7,20H. The summed E-state index contributed by atoms with van der Waals surface area (Å²) in [6.45, 7) is 0. The Hall–Kier alpha value is -2.55. The van der Waals surface area contributed by atoms with E-state index in [0.717, 1.165) is 24.3 Å². The van der Waals surface area contributed by atoms with E-state index in [1.807, 2.05) is 0 Å². The van der Waals surface area contributed by atoms with Gasteiger partial charge in [0, 0.05) is 5.69 Å². The minimum atomic E-state index is -4.45. The van der Waals surface area contributed by atoms with Gasteiger partial charge in [0.2, 0.25) is 0 Å². The lowest BCUT2D eigenvalue weighted by atomic mass is 10.1. The Labute approximate surface area is 112 Å². The van der Waals surface area contributed by atoms with E-state index in [2.05, 4.69) is 5.32 Å². The van der Waals surface area contributed by atoms with Crippen LogP contribution in [0, 0.1) is 17.1 Å². The maximum atomic E-state index is 13.0. The van der Waals surface area contributed by atoms with Crippen molar-refractivity contribution in [3.8, 4) is 6.07 Å². The van der Waals surface area contributed by atoms with Crippen molar-refractivity contribution in [3.05, 3.63) is 59.4 Å². The first-order valence-electron chi connectivity index (χ1n) is 5.54. The molecule has 1 N–H and O–H groups in total. The quantitative estimate of drug-likeness (QED) is 0.824. The van der Waals surface area contributed by atoms with Gasteiger partial charge in [-0.25, -0.2) is 4.39 Å². The smallest absolute Gasteiger partial charge is 0.354 e. The summed E-state index contributed by atoms with van der Waals surface area (Å²) in [5.74, 6) is -0.587. The van der Waals surface area contributed by atoms with Crippen molar-refractivity contribution >= 4 is 11.4 Å². The third-order valence-corrected chi connectivity index (χ3v) is 2.57. The van der Waals surface area contributed by atoms with Gasteiger partial charge in [-0.1, -0.05) is 6.07 Å². The van der Waals surface area contributed by atoms with E-state index in [0.29, 0.717) is 0 Å². The van der Waals surface area contributed by atoms with Crippen LogP contribution in [-0.2, 0) is 6.18 Å². The van der Waals surface area contributed by atoms with E-state index < -0.39 is 17.6 Å². The van der Waals surface area contributed by atoms with Crippen molar-refractivity contribution < 1.29 is 17.6 Å². The zero-order valence-corrected chi connectivity index (χ0v) is 10.0. The van der Waals surface area contributed by atoms with Crippen molar-refractivity contribution in [2.75, 3.05) is 5.32 Å². The SMILES string of the molecule is N#Cc1cc(F)ccc1Nc1cccc(C(F)(F)F)c1. The van der Waals surface area contributed by atoms with Crippen LogP contribution < -0.4 is 5.32 Å². The topological polar surface area (TPSA) is 35.8 Å². The molecule has 0 aromatic heterocycles. The maximum Gasteiger partial charge on any atom is 0.416 e. The molecule has 6 heteroatoms. The number of hydrogen-bond donors (Lipinski definition) is 1. The Balaban J connectivity index is 2.34. The second kappa shape index (κ2) is 5.21. The number of nitrogens with one attached hydrogen (secondary N) is 1. The molecule has 0 bridgehead atoms. The molecule has 0 saturated heterocycles. The van der Waals surface area contributed by atoms with Crippen molar-refractivity contribution in [2.45, 2.75) is 6.18 Å². The predicted octanol–water partition coefficient (Wildman–Crippen LogP) is 4.46. The molecule has 2 aromatic carbocycles. The molecule has 0 saturated carbocycles. The lowest BCUT2D eigenvalue weighted by Crippen LogP contribution is -2.05. The lowest BCUT2D eigenvalue weighted by Gasteiger charge is -2.11. The van der Waals surface area contributed by atoms with Crippen molar-refractivity contribution in [1.29, 1.82) is 5.26 Å². The van der Waals surface area contributed by atoms with Gasteiger partial charge in [-0.2, -0.15) is 18.4 Å². The van der Waals surface area contributed by atoms with Gasteiger partial charge >= 0.3 is 6.18 Å². The van der Waals surface area contributed by atoms with Crippen LogP contribution in [0.3, 0.4) is 0 Å². The number of rotatable bonds is 2. The van der Waals surface area contributed by atoms with Gasteiger partial charge in [-0.15, -0.1) is 0 Å². The van der Waals surface area contributed by atoms with E-state index in [9.17, 15) is 17.6 Å². The van der Waals surface area contributed by atoms with Gasteiger partial charge in [-0.3, -0.25) is 0 Å². The normalized spacial score (nSPS) is 10.9. The second-order valence-electron chi connectivity index (χ2n) is 4.01. The summed E-state index contributed by atoms with van der Waals surface area (Å²) in [7, 11) is 0.